The Morgan fingerprint density at radius 2 is 1.56 bits per heavy atom. The molecule has 2 aromatic rings. The maximum atomic E-state index is 12.6. The van der Waals surface area contributed by atoms with Crippen molar-refractivity contribution in [3.63, 3.8) is 0 Å². The van der Waals surface area contributed by atoms with Gasteiger partial charge in [0.05, 0.1) is 11.6 Å². The average Bonchev–Trinajstić information content (AvgIpc) is 2.69. The van der Waals surface area contributed by atoms with E-state index in [1.807, 2.05) is 35.2 Å². The van der Waals surface area contributed by atoms with Crippen molar-refractivity contribution in [3.05, 3.63) is 71.3 Å². The maximum absolute atomic E-state index is 12.6. The quantitative estimate of drug-likeness (QED) is 0.824. The van der Waals surface area contributed by atoms with Gasteiger partial charge in [0, 0.05) is 31.7 Å². The zero-order valence-corrected chi connectivity index (χ0v) is 14.5. The highest BCUT2D eigenvalue weighted by molar-refractivity contribution is 5.94. The Hall–Kier alpha value is -2.85. The average molecular weight is 373 g/mol. The highest BCUT2D eigenvalue weighted by Crippen LogP contribution is 2.29. The fourth-order valence-corrected chi connectivity index (χ4v) is 3.17. The van der Waals surface area contributed by atoms with Gasteiger partial charge in [-0.05, 0) is 29.8 Å². The Morgan fingerprint density at radius 3 is 2.07 bits per heavy atom. The molecule has 0 radical (unpaired) electrons. The van der Waals surface area contributed by atoms with Gasteiger partial charge in [-0.25, -0.2) is 0 Å². The van der Waals surface area contributed by atoms with Crippen molar-refractivity contribution in [1.29, 1.82) is 5.26 Å². The number of carbonyl (C=O) groups excluding carboxylic acids is 1. The first-order valence-electron chi connectivity index (χ1n) is 8.55. The molecule has 1 fully saturated rings. The number of rotatable bonds is 3. The lowest BCUT2D eigenvalue weighted by molar-refractivity contribution is -0.137. The Labute approximate surface area is 155 Å². The van der Waals surface area contributed by atoms with Crippen molar-refractivity contribution < 1.29 is 18.0 Å². The number of halogens is 3. The molecule has 0 bridgehead atoms. The molecule has 0 spiro atoms. The molecule has 0 N–H and O–H groups in total. The van der Waals surface area contributed by atoms with Gasteiger partial charge in [0.25, 0.3) is 5.91 Å². The summed E-state index contributed by atoms with van der Waals surface area (Å²) >= 11 is 0. The number of nitriles is 1. The molecule has 4 nitrogen and oxygen atoms in total. The molecular weight excluding hydrogens is 355 g/mol. The number of alkyl halides is 3. The standard InChI is InChI=1S/C20H18F3N3O/c21-20(22,23)17-8-6-16(7-9-17)19(27)26-12-10-25(11-13-26)18(14-24)15-4-2-1-3-5-15/h1-9,18H,10-13H2/t18-/m0/s1. The molecule has 1 atom stereocenters. The van der Waals surface area contributed by atoms with E-state index in [0.29, 0.717) is 26.2 Å². The smallest absolute Gasteiger partial charge is 0.336 e. The first kappa shape index (κ1) is 18.9. The summed E-state index contributed by atoms with van der Waals surface area (Å²) in [5, 5.41) is 9.51. The predicted octanol–water partition coefficient (Wildman–Crippen LogP) is 3.73. The molecule has 140 valence electrons. The number of hydrogen-bond acceptors (Lipinski definition) is 3. The van der Waals surface area contributed by atoms with Crippen molar-refractivity contribution in [1.82, 2.24) is 9.80 Å². The van der Waals surface area contributed by atoms with Gasteiger partial charge in [-0.15, -0.1) is 0 Å². The van der Waals surface area contributed by atoms with Crippen LogP contribution in [0.3, 0.4) is 0 Å². The molecule has 1 amide bonds. The van der Waals surface area contributed by atoms with E-state index < -0.39 is 11.7 Å². The van der Waals surface area contributed by atoms with E-state index in [4.69, 9.17) is 0 Å². The van der Waals surface area contributed by atoms with E-state index in [0.717, 1.165) is 17.7 Å². The number of piperazine rings is 1. The molecule has 0 aromatic heterocycles. The minimum absolute atomic E-state index is 0.233. The van der Waals surface area contributed by atoms with Crippen LogP contribution in [0.4, 0.5) is 13.2 Å². The molecule has 1 aliphatic rings. The lowest BCUT2D eigenvalue weighted by Crippen LogP contribution is -2.49. The Morgan fingerprint density at radius 1 is 0.963 bits per heavy atom. The first-order valence-corrected chi connectivity index (χ1v) is 8.55. The van der Waals surface area contributed by atoms with Crippen LogP contribution in [0.5, 0.6) is 0 Å². The second kappa shape index (κ2) is 7.80. The van der Waals surface area contributed by atoms with E-state index in [2.05, 4.69) is 6.07 Å². The molecule has 1 aliphatic heterocycles. The van der Waals surface area contributed by atoms with Crippen LogP contribution >= 0.6 is 0 Å². The summed E-state index contributed by atoms with van der Waals surface area (Å²) in [6.07, 6.45) is -4.42. The van der Waals surface area contributed by atoms with Crippen LogP contribution in [-0.2, 0) is 6.18 Å². The molecule has 1 heterocycles. The fourth-order valence-electron chi connectivity index (χ4n) is 3.17. The van der Waals surface area contributed by atoms with Gasteiger partial charge >= 0.3 is 6.18 Å². The van der Waals surface area contributed by atoms with E-state index in [9.17, 15) is 23.2 Å². The maximum Gasteiger partial charge on any atom is 0.416 e. The van der Waals surface area contributed by atoms with Gasteiger partial charge in [0.1, 0.15) is 6.04 Å². The number of amides is 1. The number of nitrogens with zero attached hydrogens (tertiary/aromatic N) is 3. The lowest BCUT2D eigenvalue weighted by atomic mass is 10.1. The van der Waals surface area contributed by atoms with Gasteiger partial charge in [-0.1, -0.05) is 30.3 Å². The van der Waals surface area contributed by atoms with Crippen LogP contribution in [0.1, 0.15) is 27.5 Å². The van der Waals surface area contributed by atoms with Gasteiger partial charge in [-0.2, -0.15) is 18.4 Å². The Kier molecular flexibility index (Phi) is 5.47. The third-order valence-electron chi connectivity index (χ3n) is 4.66. The summed E-state index contributed by atoms with van der Waals surface area (Å²) in [6.45, 7) is 1.90. The summed E-state index contributed by atoms with van der Waals surface area (Å²) < 4.78 is 37.9. The van der Waals surface area contributed by atoms with E-state index in [-0.39, 0.29) is 17.5 Å². The van der Waals surface area contributed by atoms with Crippen molar-refractivity contribution >= 4 is 5.91 Å². The van der Waals surface area contributed by atoms with Gasteiger partial charge in [-0.3, -0.25) is 9.69 Å². The van der Waals surface area contributed by atoms with Crippen LogP contribution in [0, 0.1) is 11.3 Å². The molecule has 7 heteroatoms. The van der Waals surface area contributed by atoms with Crippen LogP contribution < -0.4 is 0 Å². The van der Waals surface area contributed by atoms with Crippen molar-refractivity contribution in [2.75, 3.05) is 26.2 Å². The summed E-state index contributed by atoms with van der Waals surface area (Å²) in [5.74, 6) is -0.295. The zero-order chi connectivity index (χ0) is 19.4. The van der Waals surface area contributed by atoms with E-state index in [1.54, 1.807) is 4.90 Å². The van der Waals surface area contributed by atoms with Gasteiger partial charge in [0.2, 0.25) is 0 Å². The molecule has 0 saturated carbocycles. The summed E-state index contributed by atoms with van der Waals surface area (Å²) in [7, 11) is 0. The number of benzene rings is 2. The topological polar surface area (TPSA) is 47.3 Å². The van der Waals surface area contributed by atoms with Gasteiger partial charge in [0.15, 0.2) is 0 Å². The summed E-state index contributed by atoms with van der Waals surface area (Å²) in [5.41, 5.74) is 0.363. The highest BCUT2D eigenvalue weighted by Gasteiger charge is 2.31. The van der Waals surface area contributed by atoms with Crippen LogP contribution in [0.25, 0.3) is 0 Å². The predicted molar refractivity (Wildman–Crippen MR) is 93.7 cm³/mol. The summed E-state index contributed by atoms with van der Waals surface area (Å²) in [4.78, 5) is 16.2. The van der Waals surface area contributed by atoms with Gasteiger partial charge < -0.3 is 4.90 Å². The molecule has 0 unspecified atom stereocenters. The fraction of sp³-hybridized carbons (Fsp3) is 0.300. The Balaban J connectivity index is 1.63. The van der Waals surface area contributed by atoms with Crippen molar-refractivity contribution in [3.8, 4) is 6.07 Å². The monoisotopic (exact) mass is 373 g/mol. The number of carbonyl (C=O) groups is 1. The molecule has 3 rings (SSSR count). The van der Waals surface area contributed by atoms with Crippen molar-refractivity contribution in [2.45, 2.75) is 12.2 Å². The molecule has 0 aliphatic carbocycles. The Bertz CT molecular complexity index is 820. The normalized spacial score (nSPS) is 16.6. The van der Waals surface area contributed by atoms with Crippen LogP contribution in [0.2, 0.25) is 0 Å². The molecule has 1 saturated heterocycles. The number of hydrogen-bond donors (Lipinski definition) is 0. The van der Waals surface area contributed by atoms with Crippen LogP contribution in [0.15, 0.2) is 54.6 Å². The van der Waals surface area contributed by atoms with Crippen molar-refractivity contribution in [2.24, 2.45) is 0 Å². The third-order valence-corrected chi connectivity index (χ3v) is 4.66. The lowest BCUT2D eigenvalue weighted by Gasteiger charge is -2.37. The largest absolute Gasteiger partial charge is 0.416 e. The minimum atomic E-state index is -4.42. The van der Waals surface area contributed by atoms with E-state index in [1.165, 1.54) is 12.1 Å². The minimum Gasteiger partial charge on any atom is -0.336 e. The summed E-state index contributed by atoms with van der Waals surface area (Å²) in [6, 6.07) is 15.6. The highest BCUT2D eigenvalue weighted by atomic mass is 19.4. The first-order chi connectivity index (χ1) is 12.9. The SMILES string of the molecule is N#C[C@@H](c1ccccc1)N1CCN(C(=O)c2ccc(C(F)(F)F)cc2)CC1. The second-order valence-electron chi connectivity index (χ2n) is 6.35. The second-order valence-corrected chi connectivity index (χ2v) is 6.35. The molecular formula is C20H18F3N3O. The zero-order valence-electron chi connectivity index (χ0n) is 14.5. The van der Waals surface area contributed by atoms with Crippen LogP contribution in [-0.4, -0.2) is 41.9 Å². The molecule has 2 aromatic carbocycles. The third kappa shape index (κ3) is 4.29. The van der Waals surface area contributed by atoms with E-state index >= 15 is 0 Å². The molecule has 27 heavy (non-hydrogen) atoms.